The second kappa shape index (κ2) is 39.7. The van der Waals surface area contributed by atoms with Gasteiger partial charge in [0.05, 0.1) is 19.8 Å². The fourth-order valence-corrected chi connectivity index (χ4v) is 6.16. The number of carbonyl (C=O) groups is 1. The van der Waals surface area contributed by atoms with Crippen molar-refractivity contribution in [2.45, 2.75) is 180 Å². The number of nitrogens with two attached hydrogens (primary N) is 1. The molecule has 0 aliphatic heterocycles. The number of phosphoric ester groups is 1. The van der Waals surface area contributed by atoms with Gasteiger partial charge in [0, 0.05) is 19.6 Å². The zero-order valence-electron chi connectivity index (χ0n) is 32.8. The molecule has 3 N–H and O–H groups in total. The third-order valence-corrected chi connectivity index (χ3v) is 9.45. The SMILES string of the molecule is CCCC/C=C\C/C=C\CCCCCCCCOCC(COP(=O)(O)OCCN)OC(=O)CCCCCCCCC/C=C\C/C=C\CCCCC. The first-order valence-electron chi connectivity index (χ1n) is 20.6. The molecule has 0 heterocycles. The summed E-state index contributed by atoms with van der Waals surface area (Å²) in [5.41, 5.74) is 5.36. The summed E-state index contributed by atoms with van der Waals surface area (Å²) < 4.78 is 33.4. The Balaban J connectivity index is 4.09. The van der Waals surface area contributed by atoms with Crippen molar-refractivity contribution in [2.24, 2.45) is 5.73 Å². The van der Waals surface area contributed by atoms with E-state index in [0.717, 1.165) is 64.2 Å². The van der Waals surface area contributed by atoms with Crippen LogP contribution in [0.1, 0.15) is 174 Å². The van der Waals surface area contributed by atoms with E-state index in [4.69, 9.17) is 24.3 Å². The molecule has 0 aliphatic carbocycles. The fourth-order valence-electron chi connectivity index (χ4n) is 5.39. The lowest BCUT2D eigenvalue weighted by Crippen LogP contribution is -2.28. The zero-order valence-corrected chi connectivity index (χ0v) is 33.7. The molecule has 8 nitrogen and oxygen atoms in total. The second-order valence-corrected chi connectivity index (χ2v) is 14.9. The average molecular weight is 740 g/mol. The van der Waals surface area contributed by atoms with Gasteiger partial charge in [-0.3, -0.25) is 13.8 Å². The molecule has 0 aromatic carbocycles. The number of rotatable bonds is 39. The summed E-state index contributed by atoms with van der Waals surface area (Å²) in [5.74, 6) is -0.344. The Morgan fingerprint density at radius 2 is 1.06 bits per heavy atom. The molecule has 0 aliphatic rings. The minimum atomic E-state index is -4.28. The second-order valence-electron chi connectivity index (χ2n) is 13.5. The number of hydrogen-bond donors (Lipinski definition) is 2. The van der Waals surface area contributed by atoms with E-state index in [-0.39, 0.29) is 32.3 Å². The minimum absolute atomic E-state index is 0.0955. The van der Waals surface area contributed by atoms with Gasteiger partial charge in [0.1, 0.15) is 6.10 Å². The van der Waals surface area contributed by atoms with Crippen LogP contribution in [0.15, 0.2) is 48.6 Å². The number of allylic oxidation sites excluding steroid dienone is 8. The van der Waals surface area contributed by atoms with E-state index in [1.165, 1.54) is 89.9 Å². The van der Waals surface area contributed by atoms with Crippen LogP contribution in [0.25, 0.3) is 0 Å². The van der Waals surface area contributed by atoms with E-state index in [9.17, 15) is 14.3 Å². The summed E-state index contributed by atoms with van der Waals surface area (Å²) in [7, 11) is -4.28. The number of hydrogen-bond acceptors (Lipinski definition) is 7. The van der Waals surface area contributed by atoms with Crippen LogP contribution in [0.3, 0.4) is 0 Å². The van der Waals surface area contributed by atoms with Crippen molar-refractivity contribution < 1.29 is 32.8 Å². The lowest BCUT2D eigenvalue weighted by Gasteiger charge is -2.20. The third kappa shape index (κ3) is 39.5. The average Bonchev–Trinajstić information content (AvgIpc) is 3.12. The maximum Gasteiger partial charge on any atom is 0.472 e. The van der Waals surface area contributed by atoms with Crippen LogP contribution in [0.2, 0.25) is 0 Å². The van der Waals surface area contributed by atoms with Gasteiger partial charge in [-0.2, -0.15) is 0 Å². The van der Waals surface area contributed by atoms with E-state index >= 15 is 0 Å². The van der Waals surface area contributed by atoms with Crippen molar-refractivity contribution in [3.63, 3.8) is 0 Å². The topological polar surface area (TPSA) is 117 Å². The first kappa shape index (κ1) is 49.5. The molecule has 298 valence electrons. The summed E-state index contributed by atoms with van der Waals surface area (Å²) in [4.78, 5) is 22.4. The first-order chi connectivity index (χ1) is 24.9. The number of carbonyl (C=O) groups excluding carboxylic acids is 1. The van der Waals surface area contributed by atoms with Crippen molar-refractivity contribution in [1.29, 1.82) is 0 Å². The van der Waals surface area contributed by atoms with E-state index < -0.39 is 13.9 Å². The van der Waals surface area contributed by atoms with E-state index in [1.54, 1.807) is 0 Å². The number of phosphoric acid groups is 1. The predicted molar refractivity (Wildman–Crippen MR) is 215 cm³/mol. The van der Waals surface area contributed by atoms with Crippen molar-refractivity contribution in [3.8, 4) is 0 Å². The molecular formula is C42H78NO7P. The first-order valence-corrected chi connectivity index (χ1v) is 22.1. The highest BCUT2D eigenvalue weighted by molar-refractivity contribution is 7.47. The van der Waals surface area contributed by atoms with Crippen LogP contribution in [-0.2, 0) is 27.9 Å². The summed E-state index contributed by atoms with van der Waals surface area (Å²) in [6.45, 7) is 4.82. The molecule has 0 aromatic rings. The van der Waals surface area contributed by atoms with Crippen LogP contribution in [0.4, 0.5) is 0 Å². The molecule has 0 saturated heterocycles. The van der Waals surface area contributed by atoms with Gasteiger partial charge in [-0.05, 0) is 70.6 Å². The Morgan fingerprint density at radius 1 is 0.588 bits per heavy atom. The molecule has 51 heavy (non-hydrogen) atoms. The third-order valence-electron chi connectivity index (χ3n) is 8.47. The molecule has 0 amide bonds. The minimum Gasteiger partial charge on any atom is -0.457 e. The smallest absolute Gasteiger partial charge is 0.457 e. The van der Waals surface area contributed by atoms with Crippen LogP contribution >= 0.6 is 7.82 Å². The monoisotopic (exact) mass is 740 g/mol. The number of unbranched alkanes of at least 4 members (excludes halogenated alkanes) is 18. The largest absolute Gasteiger partial charge is 0.472 e. The summed E-state index contributed by atoms with van der Waals surface area (Å²) in [6, 6.07) is 0. The van der Waals surface area contributed by atoms with Crippen LogP contribution in [0.5, 0.6) is 0 Å². The van der Waals surface area contributed by atoms with Gasteiger partial charge in [-0.1, -0.05) is 146 Å². The lowest BCUT2D eigenvalue weighted by molar-refractivity contribution is -0.154. The Morgan fingerprint density at radius 3 is 1.59 bits per heavy atom. The molecule has 0 bridgehead atoms. The molecule has 9 heteroatoms. The molecule has 2 atom stereocenters. The van der Waals surface area contributed by atoms with Gasteiger partial charge in [-0.15, -0.1) is 0 Å². The quantitative estimate of drug-likeness (QED) is 0.0277. The van der Waals surface area contributed by atoms with E-state index in [0.29, 0.717) is 13.0 Å². The molecule has 0 aromatic heterocycles. The Bertz CT molecular complexity index is 921. The Kier molecular flexibility index (Phi) is 38.5. The maximum absolute atomic E-state index is 12.6. The van der Waals surface area contributed by atoms with Crippen LogP contribution in [-0.4, -0.2) is 49.9 Å². The Hall–Kier alpha value is -1.54. The van der Waals surface area contributed by atoms with Gasteiger partial charge in [0.15, 0.2) is 0 Å². The van der Waals surface area contributed by atoms with Gasteiger partial charge in [0.2, 0.25) is 0 Å². The molecule has 0 rings (SSSR count). The molecular weight excluding hydrogens is 661 g/mol. The highest BCUT2D eigenvalue weighted by Crippen LogP contribution is 2.43. The summed E-state index contributed by atoms with van der Waals surface area (Å²) in [6.07, 6.45) is 45.5. The number of ether oxygens (including phenoxy) is 2. The van der Waals surface area contributed by atoms with E-state index in [1.807, 2.05) is 0 Å². The van der Waals surface area contributed by atoms with E-state index in [2.05, 4.69) is 62.5 Å². The summed E-state index contributed by atoms with van der Waals surface area (Å²) in [5, 5.41) is 0. The van der Waals surface area contributed by atoms with Gasteiger partial charge >= 0.3 is 13.8 Å². The zero-order chi connectivity index (χ0) is 37.4. The van der Waals surface area contributed by atoms with Crippen LogP contribution < -0.4 is 5.73 Å². The van der Waals surface area contributed by atoms with Crippen molar-refractivity contribution in [3.05, 3.63) is 48.6 Å². The van der Waals surface area contributed by atoms with Gasteiger partial charge < -0.3 is 20.1 Å². The Labute approximate surface area is 313 Å². The van der Waals surface area contributed by atoms with Crippen LogP contribution in [0, 0.1) is 0 Å². The highest BCUT2D eigenvalue weighted by atomic mass is 31.2. The maximum atomic E-state index is 12.6. The van der Waals surface area contributed by atoms with Gasteiger partial charge in [0.25, 0.3) is 0 Å². The van der Waals surface area contributed by atoms with Crippen molar-refractivity contribution in [1.82, 2.24) is 0 Å². The number of esters is 1. The summed E-state index contributed by atoms with van der Waals surface area (Å²) >= 11 is 0. The molecule has 2 unspecified atom stereocenters. The molecule has 0 fully saturated rings. The standard InChI is InChI=1S/C42H78NO7P/c1-3-5-7-9-11-13-15-17-19-20-21-23-25-27-29-31-33-35-42(44)50-41(40-49-51(45,46)48-38-36-43)39-47-37-34-32-30-28-26-24-22-18-16-14-12-10-8-6-4-2/h10-13,16-19,41H,3-9,14-15,20-40,43H2,1-2H3,(H,45,46)/b12-10-,13-11-,18-16-,19-17-. The molecule has 0 spiro atoms. The highest BCUT2D eigenvalue weighted by Gasteiger charge is 2.25. The van der Waals surface area contributed by atoms with Crippen molar-refractivity contribution in [2.75, 3.05) is 33.0 Å². The predicted octanol–water partition coefficient (Wildman–Crippen LogP) is 12.0. The fraction of sp³-hybridized carbons (Fsp3) is 0.786. The van der Waals surface area contributed by atoms with Gasteiger partial charge in [-0.25, -0.2) is 4.57 Å². The lowest BCUT2D eigenvalue weighted by atomic mass is 10.1. The van der Waals surface area contributed by atoms with Crippen molar-refractivity contribution >= 4 is 13.8 Å². The normalized spacial score (nSPS) is 14.0. The molecule has 0 saturated carbocycles. The molecule has 0 radical (unpaired) electrons.